The second-order valence-corrected chi connectivity index (χ2v) is 7.49. The zero-order valence-electron chi connectivity index (χ0n) is 22.4. The average Bonchev–Trinajstić information content (AvgIpc) is 2.88. The number of thiol groups is 1. The number of rotatable bonds is 23. The van der Waals surface area contributed by atoms with E-state index in [0.29, 0.717) is 84.2 Å². The molecule has 0 aliphatic carbocycles. The van der Waals surface area contributed by atoms with Crippen LogP contribution in [0.5, 0.6) is 0 Å². The van der Waals surface area contributed by atoms with Crippen molar-refractivity contribution in [3.05, 3.63) is 0 Å². The number of carbonyl (C=O) groups excluding carboxylic acids is 5. The Balaban J connectivity index is 0. The molecule has 0 aliphatic heterocycles. The molecule has 1 atom stereocenters. The van der Waals surface area contributed by atoms with E-state index in [-0.39, 0.29) is 24.9 Å². The molecule has 3 N–H and O–H groups in total. The molecular formula is C23H43N3O9S. The highest BCUT2D eigenvalue weighted by molar-refractivity contribution is 7.75. The quantitative estimate of drug-likeness (QED) is 0.0378. The van der Waals surface area contributed by atoms with Crippen molar-refractivity contribution >= 4 is 43.4 Å². The molecule has 0 radical (unpaired) electrons. The molecule has 0 rings (SSSR count). The Morgan fingerprint density at radius 2 is 1.67 bits per heavy atom. The van der Waals surface area contributed by atoms with Gasteiger partial charge in [0.05, 0.1) is 19.8 Å². The van der Waals surface area contributed by atoms with Crippen LogP contribution in [0.2, 0.25) is 0 Å². The van der Waals surface area contributed by atoms with Crippen LogP contribution in [-0.2, 0) is 37.7 Å². The van der Waals surface area contributed by atoms with E-state index >= 15 is 0 Å². The summed E-state index contributed by atoms with van der Waals surface area (Å²) in [5.74, 6) is -0.601. The van der Waals surface area contributed by atoms with Crippen LogP contribution in [-0.4, -0.2) is 77.2 Å². The lowest BCUT2D eigenvalue weighted by Gasteiger charge is -2.18. The molecule has 0 aromatic carbocycles. The molecule has 0 bridgehead atoms. The van der Waals surface area contributed by atoms with E-state index in [0.717, 1.165) is 25.4 Å². The maximum atomic E-state index is 12.1. The number of esters is 1. The van der Waals surface area contributed by atoms with Crippen LogP contribution < -0.4 is 16.1 Å². The van der Waals surface area contributed by atoms with E-state index in [1.807, 2.05) is 0 Å². The Kier molecular flexibility index (Phi) is 27.2. The average molecular weight is 540 g/mol. The van der Waals surface area contributed by atoms with E-state index in [2.05, 4.69) is 20.4 Å². The molecular weight excluding hydrogens is 494 g/mol. The van der Waals surface area contributed by atoms with E-state index < -0.39 is 12.1 Å². The minimum atomic E-state index is -0.734. The van der Waals surface area contributed by atoms with E-state index in [9.17, 15) is 24.0 Å². The molecule has 0 fully saturated rings. The van der Waals surface area contributed by atoms with Crippen LogP contribution in [0.1, 0.15) is 71.6 Å². The molecule has 0 heterocycles. The zero-order chi connectivity index (χ0) is 28.0. The molecule has 0 saturated heterocycles. The van der Waals surface area contributed by atoms with Gasteiger partial charge in [-0.1, -0.05) is 6.42 Å². The number of hydrogen-bond donors (Lipinski definition) is 4. The first kappa shape index (κ1) is 33.8. The number of hydroxylamine groups is 1. The van der Waals surface area contributed by atoms with Gasteiger partial charge in [0.1, 0.15) is 19.7 Å². The molecule has 0 aromatic heterocycles. The third-order valence-electron chi connectivity index (χ3n) is 4.37. The number of amides is 2. The van der Waals surface area contributed by atoms with Gasteiger partial charge in [-0.15, -0.1) is 0 Å². The maximum absolute atomic E-state index is 12.1. The molecule has 0 saturated carbocycles. The Morgan fingerprint density at radius 3 is 2.33 bits per heavy atom. The molecule has 36 heavy (non-hydrogen) atoms. The van der Waals surface area contributed by atoms with Crippen molar-refractivity contribution in [3.63, 3.8) is 0 Å². The van der Waals surface area contributed by atoms with Gasteiger partial charge in [0, 0.05) is 39.0 Å². The summed E-state index contributed by atoms with van der Waals surface area (Å²) in [5, 5.41) is 5.19. The number of unbranched alkanes of at least 4 members (excludes halogenated alkanes) is 3. The summed E-state index contributed by atoms with van der Waals surface area (Å²) >= 11 is 0.545. The van der Waals surface area contributed by atoms with Gasteiger partial charge in [-0.3, -0.25) is 9.59 Å². The second-order valence-electron chi connectivity index (χ2n) is 7.32. The number of hydrogen-bond acceptors (Lipinski definition) is 11. The number of aldehydes is 2. The van der Waals surface area contributed by atoms with Crippen molar-refractivity contribution in [2.24, 2.45) is 0 Å². The first-order valence-electron chi connectivity index (χ1n) is 12.7. The van der Waals surface area contributed by atoms with Gasteiger partial charge in [-0.25, -0.2) is 9.08 Å². The molecule has 12 nitrogen and oxygen atoms in total. The minimum Gasteiger partial charge on any atom is -0.466 e. The SMILES string of the molecule is CCOC(=O)CCCCC(NC(=O)OCC)C(=O)NCCCC=O.[3H]SONCCCCOCCC=O. The summed E-state index contributed by atoms with van der Waals surface area (Å²) in [5.41, 5.74) is 2.60. The third-order valence-corrected chi connectivity index (χ3v) is 4.49. The van der Waals surface area contributed by atoms with Gasteiger partial charge in [-0.2, -0.15) is 5.48 Å². The lowest BCUT2D eigenvalue weighted by Crippen LogP contribution is -2.47. The van der Waals surface area contributed by atoms with Gasteiger partial charge in [0.25, 0.3) is 0 Å². The first-order chi connectivity index (χ1) is 18.0. The predicted octanol–water partition coefficient (Wildman–Crippen LogP) is 2.06. The fraction of sp³-hybridized carbons (Fsp3) is 0.783. The molecule has 0 aliphatic rings. The van der Waals surface area contributed by atoms with Crippen molar-refractivity contribution in [2.45, 2.75) is 77.7 Å². The van der Waals surface area contributed by atoms with Gasteiger partial charge >= 0.3 is 12.1 Å². The smallest absolute Gasteiger partial charge is 0.407 e. The number of carbonyl (C=O) groups is 5. The third kappa shape index (κ3) is 26.4. The van der Waals surface area contributed by atoms with E-state index in [4.69, 9.17) is 15.3 Å². The summed E-state index contributed by atoms with van der Waals surface area (Å²) in [7, 11) is 0. The Morgan fingerprint density at radius 1 is 0.917 bits per heavy atom. The van der Waals surface area contributed by atoms with Crippen molar-refractivity contribution in [3.8, 4) is 0 Å². The van der Waals surface area contributed by atoms with E-state index in [1.165, 1.54) is 0 Å². The van der Waals surface area contributed by atoms with Crippen LogP contribution in [0.25, 0.3) is 0 Å². The zero-order valence-corrected chi connectivity index (χ0v) is 22.2. The Hall–Kier alpha value is -2.22. The molecule has 0 aromatic rings. The highest BCUT2D eigenvalue weighted by atomic mass is 32.1. The first-order valence-corrected chi connectivity index (χ1v) is 12.6. The number of alkyl carbamates (subject to hydrolysis) is 1. The van der Waals surface area contributed by atoms with Crippen LogP contribution in [0.15, 0.2) is 0 Å². The van der Waals surface area contributed by atoms with Crippen LogP contribution in [0.4, 0.5) is 4.79 Å². The monoisotopic (exact) mass is 539 g/mol. The second kappa shape index (κ2) is 29.0. The largest absolute Gasteiger partial charge is 0.466 e. The van der Waals surface area contributed by atoms with Crippen molar-refractivity contribution in [2.75, 3.05) is 39.5 Å². The predicted molar refractivity (Wildman–Crippen MR) is 136 cm³/mol. The van der Waals surface area contributed by atoms with Crippen LogP contribution in [0.3, 0.4) is 0 Å². The minimum absolute atomic E-state index is 0.211. The number of nitrogens with one attached hydrogen (secondary N) is 3. The molecule has 13 heteroatoms. The van der Waals surface area contributed by atoms with Crippen molar-refractivity contribution < 1.29 is 42.5 Å². The normalized spacial score (nSPS) is 11.2. The molecule has 2 amide bonds. The molecule has 0 spiro atoms. The van der Waals surface area contributed by atoms with E-state index in [1.54, 1.807) is 13.8 Å². The van der Waals surface area contributed by atoms with Crippen molar-refractivity contribution in [1.29, 1.82) is 1.12 Å². The topological polar surface area (TPSA) is 158 Å². The van der Waals surface area contributed by atoms with Gasteiger partial charge in [-0.05, 0) is 58.8 Å². The standard InChI is InChI=1S/C16H28N2O6.C7H15NO3S/c1-3-23-14(20)10-6-5-9-13(18-16(22)24-4-2)15(21)17-11-7-8-12-19;9-5-3-7-10-6-2-1-4-8-11-12/h12-13H,3-11H2,1-2H3,(H,17,21)(H,18,22);5,8,12H,1-4,6-7H2/i/hT. The van der Waals surface area contributed by atoms with Crippen LogP contribution >= 0.6 is 12.8 Å². The lowest BCUT2D eigenvalue weighted by molar-refractivity contribution is -0.143. The molecule has 1 unspecified atom stereocenters. The summed E-state index contributed by atoms with van der Waals surface area (Å²) in [6.07, 6.45) is 6.04. The fourth-order valence-corrected chi connectivity index (χ4v) is 2.71. The summed E-state index contributed by atoms with van der Waals surface area (Å²) in [6, 6.07) is -0.734. The van der Waals surface area contributed by atoms with Crippen molar-refractivity contribution in [1.82, 2.24) is 16.1 Å². The highest BCUT2D eigenvalue weighted by Crippen LogP contribution is 2.06. The summed E-state index contributed by atoms with van der Waals surface area (Å²) < 4.78 is 25.9. The Bertz CT molecular complexity index is 604. The van der Waals surface area contributed by atoms with Gasteiger partial charge in [0.2, 0.25) is 5.91 Å². The summed E-state index contributed by atoms with van der Waals surface area (Å²) in [6.45, 7) is 6.22. The number of ether oxygens (including phenoxy) is 3. The van der Waals surface area contributed by atoms with Gasteiger partial charge in [0.15, 0.2) is 0 Å². The fourth-order valence-electron chi connectivity index (χ4n) is 2.63. The highest BCUT2D eigenvalue weighted by Gasteiger charge is 2.20. The maximum Gasteiger partial charge on any atom is 0.407 e. The van der Waals surface area contributed by atoms with Gasteiger partial charge < -0.3 is 34.4 Å². The summed E-state index contributed by atoms with van der Waals surface area (Å²) in [4.78, 5) is 55.0. The van der Waals surface area contributed by atoms with Crippen LogP contribution in [0, 0.1) is 0 Å². The molecule has 210 valence electrons. The Labute approximate surface area is 220 Å². The lowest BCUT2D eigenvalue weighted by atomic mass is 10.1.